The molecule has 0 saturated carbocycles. The number of hydrogen-bond donors (Lipinski definition) is 1. The Hall–Kier alpha value is -0.0800. The predicted molar refractivity (Wildman–Crippen MR) is 35.0 cm³/mol. The fourth-order valence-corrected chi connectivity index (χ4v) is 0.495. The molecule has 0 radical (unpaired) electrons. The van der Waals surface area contributed by atoms with E-state index in [0.29, 0.717) is 0 Å². The van der Waals surface area contributed by atoms with E-state index in [-0.39, 0.29) is 0 Å². The van der Waals surface area contributed by atoms with Gasteiger partial charge in [-0.1, -0.05) is 0 Å². The van der Waals surface area contributed by atoms with Crippen molar-refractivity contribution in [3.63, 3.8) is 0 Å². The lowest BCUT2D eigenvalue weighted by atomic mass is 10.4. The van der Waals surface area contributed by atoms with Crippen molar-refractivity contribution in [2.45, 2.75) is 13.3 Å². The Morgan fingerprint density at radius 3 is 2.75 bits per heavy atom. The molecule has 0 spiro atoms. The summed E-state index contributed by atoms with van der Waals surface area (Å²) in [7, 11) is 1.95. The number of ether oxygens (including phenoxy) is 1. The first kappa shape index (κ1) is 7.92. The molecular formula is C6H15NO. The summed E-state index contributed by atoms with van der Waals surface area (Å²) in [6.07, 6.45) is 1.12. The molecule has 0 aliphatic rings. The third-order valence-corrected chi connectivity index (χ3v) is 0.920. The zero-order valence-electron chi connectivity index (χ0n) is 5.74. The maximum Gasteiger partial charge on any atom is 0.0477 e. The highest BCUT2D eigenvalue weighted by Gasteiger charge is 1.81. The van der Waals surface area contributed by atoms with Crippen LogP contribution in [0.15, 0.2) is 0 Å². The minimum Gasteiger partial charge on any atom is -0.382 e. The average Bonchev–Trinajstić information content (AvgIpc) is 1.81. The van der Waals surface area contributed by atoms with Crippen LogP contribution >= 0.6 is 0 Å². The monoisotopic (exact) mass is 117 g/mol. The molecule has 8 heavy (non-hydrogen) atoms. The summed E-state index contributed by atoms with van der Waals surface area (Å²) >= 11 is 0. The van der Waals surface area contributed by atoms with Gasteiger partial charge in [-0.2, -0.15) is 0 Å². The van der Waals surface area contributed by atoms with Gasteiger partial charge in [0.1, 0.15) is 0 Å². The van der Waals surface area contributed by atoms with Gasteiger partial charge in [0.05, 0.1) is 0 Å². The van der Waals surface area contributed by atoms with Crippen molar-refractivity contribution in [3.8, 4) is 0 Å². The molecule has 0 atom stereocenters. The molecule has 0 amide bonds. The van der Waals surface area contributed by atoms with Crippen molar-refractivity contribution >= 4 is 0 Å². The molecule has 50 valence electrons. The lowest BCUT2D eigenvalue weighted by molar-refractivity contribution is 0.145. The first-order valence-corrected chi connectivity index (χ1v) is 3.14. The molecule has 0 aromatic carbocycles. The molecule has 0 fully saturated rings. The number of hydrogen-bond acceptors (Lipinski definition) is 2. The SMILES string of the molecule is CCOCCCNC. The van der Waals surface area contributed by atoms with Gasteiger partial charge < -0.3 is 10.1 Å². The first-order chi connectivity index (χ1) is 3.91. The van der Waals surface area contributed by atoms with Crippen molar-refractivity contribution in [3.05, 3.63) is 0 Å². The van der Waals surface area contributed by atoms with Crippen LogP contribution in [0.4, 0.5) is 0 Å². The minimum absolute atomic E-state index is 0.837. The largest absolute Gasteiger partial charge is 0.382 e. The van der Waals surface area contributed by atoms with Gasteiger partial charge in [0, 0.05) is 13.2 Å². The molecule has 0 rings (SSSR count). The summed E-state index contributed by atoms with van der Waals surface area (Å²) in [5, 5.41) is 3.05. The standard InChI is InChI=1S/C6H15NO/c1-3-8-6-4-5-7-2/h7H,3-6H2,1-2H3. The Morgan fingerprint density at radius 1 is 1.50 bits per heavy atom. The summed E-state index contributed by atoms with van der Waals surface area (Å²) in [6, 6.07) is 0. The Kier molecular flexibility index (Phi) is 6.85. The predicted octanol–water partition coefficient (Wildman–Crippen LogP) is 0.632. The molecule has 0 saturated heterocycles. The smallest absolute Gasteiger partial charge is 0.0477 e. The van der Waals surface area contributed by atoms with Crippen molar-refractivity contribution < 1.29 is 4.74 Å². The fraction of sp³-hybridized carbons (Fsp3) is 1.00. The number of nitrogens with one attached hydrogen (secondary N) is 1. The fourth-order valence-electron chi connectivity index (χ4n) is 0.495. The maximum atomic E-state index is 5.10. The summed E-state index contributed by atoms with van der Waals surface area (Å²) in [6.45, 7) is 4.79. The maximum absolute atomic E-state index is 5.10. The Bertz CT molecular complexity index is 33.5. The summed E-state index contributed by atoms with van der Waals surface area (Å²) in [5.74, 6) is 0. The summed E-state index contributed by atoms with van der Waals surface area (Å²) in [5.41, 5.74) is 0. The Labute approximate surface area is 51.2 Å². The molecule has 0 aromatic rings. The zero-order chi connectivity index (χ0) is 6.24. The van der Waals surface area contributed by atoms with Crippen LogP contribution in [0.2, 0.25) is 0 Å². The van der Waals surface area contributed by atoms with E-state index in [1.807, 2.05) is 14.0 Å². The first-order valence-electron chi connectivity index (χ1n) is 3.14. The number of rotatable bonds is 5. The van der Waals surface area contributed by atoms with Crippen LogP contribution in [0.25, 0.3) is 0 Å². The van der Waals surface area contributed by atoms with Gasteiger partial charge in [-0.3, -0.25) is 0 Å². The lowest BCUT2D eigenvalue weighted by Crippen LogP contribution is -2.10. The van der Waals surface area contributed by atoms with Crippen LogP contribution in [-0.4, -0.2) is 26.8 Å². The molecule has 0 unspecified atom stereocenters. The molecular weight excluding hydrogens is 102 g/mol. The Balaban J connectivity index is 2.53. The second-order valence-electron chi connectivity index (χ2n) is 1.65. The van der Waals surface area contributed by atoms with Crippen molar-refractivity contribution in [1.82, 2.24) is 5.32 Å². The van der Waals surface area contributed by atoms with Gasteiger partial charge in [0.15, 0.2) is 0 Å². The summed E-state index contributed by atoms with van der Waals surface area (Å²) in [4.78, 5) is 0. The van der Waals surface area contributed by atoms with E-state index in [0.717, 1.165) is 26.2 Å². The van der Waals surface area contributed by atoms with Gasteiger partial charge in [0.2, 0.25) is 0 Å². The highest BCUT2D eigenvalue weighted by Crippen LogP contribution is 1.77. The molecule has 0 heterocycles. The van der Waals surface area contributed by atoms with Crippen LogP contribution in [0.5, 0.6) is 0 Å². The van der Waals surface area contributed by atoms with Gasteiger partial charge in [0.25, 0.3) is 0 Å². The van der Waals surface area contributed by atoms with Gasteiger partial charge in [-0.25, -0.2) is 0 Å². The van der Waals surface area contributed by atoms with E-state index in [1.54, 1.807) is 0 Å². The van der Waals surface area contributed by atoms with E-state index in [2.05, 4.69) is 5.32 Å². The van der Waals surface area contributed by atoms with E-state index >= 15 is 0 Å². The second kappa shape index (κ2) is 6.92. The highest BCUT2D eigenvalue weighted by molar-refractivity contribution is 4.37. The Morgan fingerprint density at radius 2 is 2.25 bits per heavy atom. The van der Waals surface area contributed by atoms with Crippen molar-refractivity contribution in [2.75, 3.05) is 26.8 Å². The van der Waals surface area contributed by atoms with Crippen LogP contribution in [0, 0.1) is 0 Å². The van der Waals surface area contributed by atoms with Crippen molar-refractivity contribution in [1.29, 1.82) is 0 Å². The molecule has 0 aliphatic heterocycles. The van der Waals surface area contributed by atoms with Crippen LogP contribution < -0.4 is 5.32 Å². The third kappa shape index (κ3) is 5.92. The normalized spacial score (nSPS) is 9.75. The molecule has 2 nitrogen and oxygen atoms in total. The van der Waals surface area contributed by atoms with E-state index in [9.17, 15) is 0 Å². The van der Waals surface area contributed by atoms with Crippen LogP contribution in [-0.2, 0) is 4.74 Å². The third-order valence-electron chi connectivity index (χ3n) is 0.920. The summed E-state index contributed by atoms with van der Waals surface area (Å²) < 4.78 is 5.10. The van der Waals surface area contributed by atoms with Crippen LogP contribution in [0.1, 0.15) is 13.3 Å². The van der Waals surface area contributed by atoms with E-state index in [1.165, 1.54) is 0 Å². The molecule has 0 aliphatic carbocycles. The minimum atomic E-state index is 0.837. The quantitative estimate of drug-likeness (QED) is 0.533. The molecule has 1 N–H and O–H groups in total. The van der Waals surface area contributed by atoms with Crippen molar-refractivity contribution in [2.24, 2.45) is 0 Å². The second-order valence-corrected chi connectivity index (χ2v) is 1.65. The average molecular weight is 117 g/mol. The lowest BCUT2D eigenvalue weighted by Gasteiger charge is -1.98. The van der Waals surface area contributed by atoms with Gasteiger partial charge in [-0.15, -0.1) is 0 Å². The van der Waals surface area contributed by atoms with Gasteiger partial charge >= 0.3 is 0 Å². The topological polar surface area (TPSA) is 21.3 Å². The van der Waals surface area contributed by atoms with E-state index < -0.39 is 0 Å². The molecule has 0 aromatic heterocycles. The van der Waals surface area contributed by atoms with Gasteiger partial charge in [-0.05, 0) is 26.9 Å². The molecule has 2 heteroatoms. The van der Waals surface area contributed by atoms with E-state index in [4.69, 9.17) is 4.74 Å². The van der Waals surface area contributed by atoms with Crippen LogP contribution in [0.3, 0.4) is 0 Å². The zero-order valence-corrected chi connectivity index (χ0v) is 5.74. The highest BCUT2D eigenvalue weighted by atomic mass is 16.5. The molecule has 0 bridgehead atoms.